The molecule has 0 fully saturated rings. The van der Waals surface area contributed by atoms with Crippen LogP contribution in [-0.4, -0.2) is 15.0 Å². The number of hydrogen-bond donors (Lipinski definition) is 0. The standard InChI is InChI=1S/C51H31N3OS/c1-3-9-32(10-4-1)33-19-21-37(22-20-33)50-52-49(36-11-5-2-6-12-36)53-51(54-50)40-24-27-45-43(30-40)41-26-23-39(31-46(41)55-45)35-17-15-34(16-18-35)38-25-28-48-44(29-38)42-13-7-8-14-47(42)56-48/h1-31H. The number of benzene rings is 8. The minimum absolute atomic E-state index is 0.611. The molecule has 5 heteroatoms. The van der Waals surface area contributed by atoms with Crippen molar-refractivity contribution >= 4 is 53.4 Å². The van der Waals surface area contributed by atoms with Crippen LogP contribution in [0, 0.1) is 0 Å². The van der Waals surface area contributed by atoms with Gasteiger partial charge in [0.25, 0.3) is 0 Å². The number of rotatable bonds is 6. The zero-order valence-electron chi connectivity index (χ0n) is 30.1. The molecule has 0 unspecified atom stereocenters. The lowest BCUT2D eigenvalue weighted by atomic mass is 9.98. The Kier molecular flexibility index (Phi) is 7.64. The lowest BCUT2D eigenvalue weighted by molar-refractivity contribution is 0.669. The number of aromatic nitrogens is 3. The van der Waals surface area contributed by atoms with E-state index < -0.39 is 0 Å². The summed E-state index contributed by atoms with van der Waals surface area (Å²) < 4.78 is 9.09. The summed E-state index contributed by atoms with van der Waals surface area (Å²) in [5.74, 6) is 1.87. The van der Waals surface area contributed by atoms with Crippen LogP contribution < -0.4 is 0 Å². The van der Waals surface area contributed by atoms with Crippen LogP contribution in [-0.2, 0) is 0 Å². The fourth-order valence-electron chi connectivity index (χ4n) is 7.65. The average molecular weight is 734 g/mol. The Morgan fingerprint density at radius 1 is 0.286 bits per heavy atom. The molecule has 11 rings (SSSR count). The van der Waals surface area contributed by atoms with Crippen molar-refractivity contribution in [3.63, 3.8) is 0 Å². The predicted octanol–water partition coefficient (Wildman–Crippen LogP) is 14.1. The topological polar surface area (TPSA) is 51.8 Å². The van der Waals surface area contributed by atoms with Crippen LogP contribution >= 0.6 is 11.3 Å². The molecule has 0 bridgehead atoms. The van der Waals surface area contributed by atoms with E-state index in [4.69, 9.17) is 19.4 Å². The molecule has 0 amide bonds. The predicted molar refractivity (Wildman–Crippen MR) is 233 cm³/mol. The van der Waals surface area contributed by atoms with Crippen molar-refractivity contribution in [2.45, 2.75) is 0 Å². The maximum absolute atomic E-state index is 6.45. The zero-order chi connectivity index (χ0) is 37.0. The van der Waals surface area contributed by atoms with Gasteiger partial charge in [0.15, 0.2) is 17.5 Å². The molecule has 11 aromatic rings. The van der Waals surface area contributed by atoms with Gasteiger partial charge < -0.3 is 4.42 Å². The van der Waals surface area contributed by atoms with Gasteiger partial charge in [-0.2, -0.15) is 0 Å². The maximum atomic E-state index is 6.45. The van der Waals surface area contributed by atoms with E-state index in [1.165, 1.54) is 36.9 Å². The molecule has 262 valence electrons. The summed E-state index contributed by atoms with van der Waals surface area (Å²) in [6.45, 7) is 0. The normalized spacial score (nSPS) is 11.6. The van der Waals surface area contributed by atoms with Crippen LogP contribution in [0.5, 0.6) is 0 Å². The van der Waals surface area contributed by atoms with Crippen LogP contribution in [0.1, 0.15) is 0 Å². The smallest absolute Gasteiger partial charge is 0.164 e. The van der Waals surface area contributed by atoms with Gasteiger partial charge >= 0.3 is 0 Å². The first-order chi connectivity index (χ1) is 27.7. The molecule has 0 aliphatic rings. The maximum Gasteiger partial charge on any atom is 0.164 e. The van der Waals surface area contributed by atoms with E-state index in [1.807, 2.05) is 59.9 Å². The largest absolute Gasteiger partial charge is 0.456 e. The Labute approximate surface area is 327 Å². The summed E-state index contributed by atoms with van der Waals surface area (Å²) in [7, 11) is 0. The molecule has 0 atom stereocenters. The van der Waals surface area contributed by atoms with Crippen molar-refractivity contribution < 1.29 is 4.42 Å². The van der Waals surface area contributed by atoms with Crippen molar-refractivity contribution in [1.82, 2.24) is 15.0 Å². The summed E-state index contributed by atoms with van der Waals surface area (Å²) in [6, 6.07) is 65.8. The van der Waals surface area contributed by atoms with Gasteiger partial charge in [0.1, 0.15) is 11.2 Å². The van der Waals surface area contributed by atoms with E-state index in [2.05, 4.69) is 140 Å². The number of hydrogen-bond acceptors (Lipinski definition) is 5. The molecular formula is C51H31N3OS. The second-order valence-electron chi connectivity index (χ2n) is 14.0. The van der Waals surface area contributed by atoms with Crippen LogP contribution in [0.2, 0.25) is 0 Å². The summed E-state index contributed by atoms with van der Waals surface area (Å²) in [4.78, 5) is 15.0. The Morgan fingerprint density at radius 3 is 1.46 bits per heavy atom. The highest BCUT2D eigenvalue weighted by Gasteiger charge is 2.16. The molecule has 0 spiro atoms. The molecule has 0 saturated heterocycles. The minimum Gasteiger partial charge on any atom is -0.456 e. The number of fused-ring (bicyclic) bond motifs is 6. The zero-order valence-corrected chi connectivity index (χ0v) is 30.9. The van der Waals surface area contributed by atoms with Crippen molar-refractivity contribution in [2.75, 3.05) is 0 Å². The average Bonchev–Trinajstić information content (AvgIpc) is 3.84. The van der Waals surface area contributed by atoms with Crippen molar-refractivity contribution in [3.8, 4) is 67.5 Å². The molecule has 3 aromatic heterocycles. The van der Waals surface area contributed by atoms with Crippen molar-refractivity contribution in [3.05, 3.63) is 188 Å². The molecular weight excluding hydrogens is 703 g/mol. The highest BCUT2D eigenvalue weighted by Crippen LogP contribution is 2.38. The second-order valence-corrected chi connectivity index (χ2v) is 15.1. The molecule has 3 heterocycles. The Morgan fingerprint density at radius 2 is 0.750 bits per heavy atom. The summed E-state index contributed by atoms with van der Waals surface area (Å²) in [5, 5.41) is 4.70. The summed E-state index contributed by atoms with van der Waals surface area (Å²) in [6.07, 6.45) is 0. The SMILES string of the molecule is c1ccc(-c2ccc(-c3nc(-c4ccccc4)nc(-c4ccc5oc6cc(-c7ccc(-c8ccc9sc%10ccccc%10c9c8)cc7)ccc6c5c4)n3)cc2)cc1. The number of furan rings is 1. The minimum atomic E-state index is 0.611. The number of thiophene rings is 1. The fraction of sp³-hybridized carbons (Fsp3) is 0. The monoisotopic (exact) mass is 733 g/mol. The Balaban J connectivity index is 0.930. The van der Waals surface area contributed by atoms with Gasteiger partial charge in [0, 0.05) is 47.6 Å². The molecule has 0 radical (unpaired) electrons. The van der Waals surface area contributed by atoms with Crippen LogP contribution in [0.25, 0.3) is 110 Å². The molecule has 0 aliphatic carbocycles. The molecule has 0 aliphatic heterocycles. The Bertz CT molecular complexity index is 3220. The van der Waals surface area contributed by atoms with Crippen molar-refractivity contribution in [1.29, 1.82) is 0 Å². The van der Waals surface area contributed by atoms with E-state index in [1.54, 1.807) is 0 Å². The van der Waals surface area contributed by atoms with E-state index in [-0.39, 0.29) is 0 Å². The van der Waals surface area contributed by atoms with E-state index in [0.29, 0.717) is 17.5 Å². The summed E-state index contributed by atoms with van der Waals surface area (Å²) >= 11 is 1.85. The van der Waals surface area contributed by atoms with Crippen LogP contribution in [0.4, 0.5) is 0 Å². The van der Waals surface area contributed by atoms with Crippen LogP contribution in [0.3, 0.4) is 0 Å². The van der Waals surface area contributed by atoms with Gasteiger partial charge in [-0.1, -0.05) is 140 Å². The highest BCUT2D eigenvalue weighted by molar-refractivity contribution is 7.25. The van der Waals surface area contributed by atoms with Gasteiger partial charge in [-0.05, 0) is 81.9 Å². The van der Waals surface area contributed by atoms with E-state index in [0.717, 1.165) is 55.3 Å². The molecule has 4 nitrogen and oxygen atoms in total. The quantitative estimate of drug-likeness (QED) is 0.171. The molecule has 56 heavy (non-hydrogen) atoms. The third kappa shape index (κ3) is 5.74. The first-order valence-electron chi connectivity index (χ1n) is 18.7. The van der Waals surface area contributed by atoms with Crippen LogP contribution in [0.15, 0.2) is 192 Å². The lowest BCUT2D eigenvalue weighted by Gasteiger charge is -2.09. The number of nitrogens with zero attached hydrogens (tertiary/aromatic N) is 3. The van der Waals surface area contributed by atoms with E-state index in [9.17, 15) is 0 Å². The first-order valence-corrected chi connectivity index (χ1v) is 19.5. The summed E-state index contributed by atoms with van der Waals surface area (Å²) in [5.41, 5.74) is 11.4. The second kappa shape index (κ2) is 13.3. The van der Waals surface area contributed by atoms with Gasteiger partial charge in [0.2, 0.25) is 0 Å². The molecule has 0 N–H and O–H groups in total. The highest BCUT2D eigenvalue weighted by atomic mass is 32.1. The van der Waals surface area contributed by atoms with Gasteiger partial charge in [-0.15, -0.1) is 11.3 Å². The Hall–Kier alpha value is -7.21. The van der Waals surface area contributed by atoms with E-state index >= 15 is 0 Å². The lowest BCUT2D eigenvalue weighted by Crippen LogP contribution is -2.00. The molecule has 8 aromatic carbocycles. The molecule has 0 saturated carbocycles. The third-order valence-electron chi connectivity index (χ3n) is 10.6. The van der Waals surface area contributed by atoms with Gasteiger partial charge in [-0.25, -0.2) is 15.0 Å². The van der Waals surface area contributed by atoms with Crippen molar-refractivity contribution in [2.24, 2.45) is 0 Å². The third-order valence-corrected chi connectivity index (χ3v) is 11.7. The van der Waals surface area contributed by atoms with Gasteiger partial charge in [-0.3, -0.25) is 0 Å². The first kappa shape index (κ1) is 32.2. The van der Waals surface area contributed by atoms with Gasteiger partial charge in [0.05, 0.1) is 0 Å². The fourth-order valence-corrected chi connectivity index (χ4v) is 8.74.